The molecule has 0 spiro atoms. The molecular formula is C16H23NO3. The number of hydrogen-bond donors (Lipinski definition) is 1. The van der Waals surface area contributed by atoms with E-state index in [4.69, 9.17) is 4.74 Å². The summed E-state index contributed by atoms with van der Waals surface area (Å²) in [6.45, 7) is 1.71. The Kier molecular flexibility index (Phi) is 5.87. The smallest absolute Gasteiger partial charge is 0.410 e. The molecule has 0 aliphatic carbocycles. The Labute approximate surface area is 120 Å². The van der Waals surface area contributed by atoms with Crippen molar-refractivity contribution < 1.29 is 14.6 Å². The maximum Gasteiger partial charge on any atom is 0.410 e. The average Bonchev–Trinajstić information content (AvgIpc) is 2.58. The molecule has 0 aromatic heterocycles. The molecule has 1 atom stereocenters. The molecule has 0 bridgehead atoms. The van der Waals surface area contributed by atoms with E-state index in [2.05, 4.69) is 0 Å². The Balaban J connectivity index is 1.81. The highest BCUT2D eigenvalue weighted by Gasteiger charge is 2.17. The fourth-order valence-corrected chi connectivity index (χ4v) is 2.45. The molecule has 4 heteroatoms. The molecule has 110 valence electrons. The van der Waals surface area contributed by atoms with Gasteiger partial charge in [-0.2, -0.15) is 0 Å². The number of amides is 1. The second kappa shape index (κ2) is 7.90. The van der Waals surface area contributed by atoms with Crippen molar-refractivity contribution in [1.29, 1.82) is 0 Å². The number of aliphatic hydroxyl groups is 1. The van der Waals surface area contributed by atoms with Crippen LogP contribution in [0.15, 0.2) is 30.3 Å². The number of aliphatic hydroxyl groups excluding tert-OH is 1. The molecule has 1 heterocycles. The maximum atomic E-state index is 12.1. The Morgan fingerprint density at radius 1 is 1.15 bits per heavy atom. The summed E-state index contributed by atoms with van der Waals surface area (Å²) in [5, 5.41) is 9.68. The quantitative estimate of drug-likeness (QED) is 0.904. The van der Waals surface area contributed by atoms with Gasteiger partial charge in [0.2, 0.25) is 0 Å². The number of ether oxygens (including phenoxy) is 1. The van der Waals surface area contributed by atoms with E-state index in [0.717, 1.165) is 44.2 Å². The molecule has 0 saturated carbocycles. The van der Waals surface area contributed by atoms with Crippen LogP contribution < -0.4 is 0 Å². The summed E-state index contributed by atoms with van der Waals surface area (Å²) < 4.78 is 5.36. The first-order chi connectivity index (χ1) is 9.75. The molecule has 2 rings (SSSR count). The summed E-state index contributed by atoms with van der Waals surface area (Å²) in [6.07, 6.45) is 3.87. The van der Waals surface area contributed by atoms with Crippen molar-refractivity contribution in [2.75, 3.05) is 13.1 Å². The first-order valence-electron chi connectivity index (χ1n) is 7.39. The van der Waals surface area contributed by atoms with Crippen LogP contribution in [0.1, 0.15) is 37.7 Å². The van der Waals surface area contributed by atoms with E-state index in [1.54, 1.807) is 4.90 Å². The fourth-order valence-electron chi connectivity index (χ4n) is 2.45. The van der Waals surface area contributed by atoms with Crippen molar-refractivity contribution in [2.24, 2.45) is 0 Å². The van der Waals surface area contributed by atoms with Crippen LogP contribution in [0.5, 0.6) is 0 Å². The van der Waals surface area contributed by atoms with E-state index in [1.807, 2.05) is 30.3 Å². The summed E-state index contributed by atoms with van der Waals surface area (Å²) >= 11 is 0. The van der Waals surface area contributed by atoms with E-state index in [9.17, 15) is 9.90 Å². The van der Waals surface area contributed by atoms with Crippen molar-refractivity contribution in [3.05, 3.63) is 35.9 Å². The highest BCUT2D eigenvalue weighted by atomic mass is 16.6. The largest absolute Gasteiger partial charge is 0.445 e. The van der Waals surface area contributed by atoms with Gasteiger partial charge in [0.1, 0.15) is 6.61 Å². The maximum absolute atomic E-state index is 12.1. The number of carbonyl (C=O) groups excluding carboxylic acids is 1. The van der Waals surface area contributed by atoms with Crippen molar-refractivity contribution >= 4 is 6.09 Å². The van der Waals surface area contributed by atoms with Crippen LogP contribution in [-0.4, -0.2) is 35.3 Å². The average molecular weight is 277 g/mol. The molecule has 1 unspecified atom stereocenters. The summed E-state index contributed by atoms with van der Waals surface area (Å²) in [5.74, 6) is 0. The van der Waals surface area contributed by atoms with Gasteiger partial charge in [-0.05, 0) is 37.7 Å². The SMILES string of the molecule is O=C(OCc1ccccc1)N1CCCCC(O)CCC1. The number of hydrogen-bond acceptors (Lipinski definition) is 3. The first-order valence-corrected chi connectivity index (χ1v) is 7.39. The van der Waals surface area contributed by atoms with E-state index in [0.29, 0.717) is 13.2 Å². The highest BCUT2D eigenvalue weighted by molar-refractivity contribution is 5.67. The van der Waals surface area contributed by atoms with Gasteiger partial charge in [-0.3, -0.25) is 0 Å². The van der Waals surface area contributed by atoms with E-state index in [-0.39, 0.29) is 12.2 Å². The second-order valence-electron chi connectivity index (χ2n) is 5.32. The standard InChI is InChI=1S/C16H23NO3/c18-15-9-4-5-11-17(12-6-10-15)16(19)20-13-14-7-2-1-3-8-14/h1-3,7-8,15,18H,4-6,9-13H2. The predicted molar refractivity (Wildman–Crippen MR) is 77.3 cm³/mol. The third kappa shape index (κ3) is 4.85. The lowest BCUT2D eigenvalue weighted by Gasteiger charge is -2.21. The highest BCUT2D eigenvalue weighted by Crippen LogP contribution is 2.13. The zero-order chi connectivity index (χ0) is 14.2. The fraction of sp³-hybridized carbons (Fsp3) is 0.562. The van der Waals surface area contributed by atoms with E-state index in [1.165, 1.54) is 0 Å². The van der Waals surface area contributed by atoms with Crippen molar-refractivity contribution in [3.63, 3.8) is 0 Å². The molecule has 1 amide bonds. The lowest BCUT2D eigenvalue weighted by molar-refractivity contribution is 0.0945. The Hall–Kier alpha value is -1.55. The van der Waals surface area contributed by atoms with Gasteiger partial charge in [-0.15, -0.1) is 0 Å². The summed E-state index contributed by atoms with van der Waals surface area (Å²) in [4.78, 5) is 13.8. The molecule has 1 aromatic rings. The topological polar surface area (TPSA) is 49.8 Å². The van der Waals surface area contributed by atoms with Gasteiger partial charge >= 0.3 is 6.09 Å². The second-order valence-corrected chi connectivity index (χ2v) is 5.32. The van der Waals surface area contributed by atoms with Gasteiger partial charge in [0, 0.05) is 13.1 Å². The van der Waals surface area contributed by atoms with Gasteiger partial charge in [-0.25, -0.2) is 4.79 Å². The van der Waals surface area contributed by atoms with Crippen molar-refractivity contribution in [3.8, 4) is 0 Å². The van der Waals surface area contributed by atoms with Gasteiger partial charge in [-0.1, -0.05) is 30.3 Å². The summed E-state index contributed by atoms with van der Waals surface area (Å²) in [7, 11) is 0. The van der Waals surface area contributed by atoms with Crippen LogP contribution in [0, 0.1) is 0 Å². The molecule has 1 aliphatic rings. The number of benzene rings is 1. The van der Waals surface area contributed by atoms with Crippen molar-refractivity contribution in [1.82, 2.24) is 4.90 Å². The molecule has 1 N–H and O–H groups in total. The van der Waals surface area contributed by atoms with Crippen LogP contribution in [0.4, 0.5) is 4.79 Å². The lowest BCUT2D eigenvalue weighted by Crippen LogP contribution is -2.33. The molecule has 1 aliphatic heterocycles. The van der Waals surface area contributed by atoms with Crippen LogP contribution in [0.3, 0.4) is 0 Å². The molecule has 0 radical (unpaired) electrons. The lowest BCUT2D eigenvalue weighted by atomic mass is 10.1. The monoisotopic (exact) mass is 277 g/mol. The molecule has 1 saturated heterocycles. The van der Waals surface area contributed by atoms with Gasteiger partial charge in [0.05, 0.1) is 6.10 Å². The molecule has 20 heavy (non-hydrogen) atoms. The van der Waals surface area contributed by atoms with Crippen LogP contribution >= 0.6 is 0 Å². The van der Waals surface area contributed by atoms with Gasteiger partial charge < -0.3 is 14.7 Å². The Morgan fingerprint density at radius 2 is 1.85 bits per heavy atom. The molecular weight excluding hydrogens is 254 g/mol. The van der Waals surface area contributed by atoms with Crippen LogP contribution in [0.25, 0.3) is 0 Å². The number of rotatable bonds is 2. The third-order valence-electron chi connectivity index (χ3n) is 3.64. The summed E-state index contributed by atoms with van der Waals surface area (Å²) in [6, 6.07) is 9.71. The van der Waals surface area contributed by atoms with Gasteiger partial charge in [0.15, 0.2) is 0 Å². The number of nitrogens with zero attached hydrogens (tertiary/aromatic N) is 1. The zero-order valence-corrected chi connectivity index (χ0v) is 11.8. The normalized spacial score (nSPS) is 20.6. The van der Waals surface area contributed by atoms with Crippen LogP contribution in [-0.2, 0) is 11.3 Å². The van der Waals surface area contributed by atoms with E-state index < -0.39 is 0 Å². The molecule has 1 fully saturated rings. The Morgan fingerprint density at radius 3 is 2.65 bits per heavy atom. The molecule has 1 aromatic carbocycles. The van der Waals surface area contributed by atoms with E-state index >= 15 is 0 Å². The predicted octanol–water partition coefficient (Wildman–Crippen LogP) is 2.95. The third-order valence-corrected chi connectivity index (χ3v) is 3.64. The zero-order valence-electron chi connectivity index (χ0n) is 11.8. The minimum absolute atomic E-state index is 0.213. The minimum Gasteiger partial charge on any atom is -0.445 e. The van der Waals surface area contributed by atoms with Crippen LogP contribution in [0.2, 0.25) is 0 Å². The number of carbonyl (C=O) groups is 1. The van der Waals surface area contributed by atoms with Gasteiger partial charge in [0.25, 0.3) is 0 Å². The summed E-state index contributed by atoms with van der Waals surface area (Å²) in [5.41, 5.74) is 1.00. The Bertz CT molecular complexity index is 407. The first kappa shape index (κ1) is 14.9. The molecule has 4 nitrogen and oxygen atoms in total. The minimum atomic E-state index is -0.245. The van der Waals surface area contributed by atoms with Crippen molar-refractivity contribution in [2.45, 2.75) is 44.8 Å².